The molecule has 7 rings (SSSR count). The summed E-state index contributed by atoms with van der Waals surface area (Å²) in [5, 5.41) is 3.49. The van der Waals surface area contributed by atoms with E-state index in [-0.39, 0.29) is 0 Å². The van der Waals surface area contributed by atoms with Crippen LogP contribution in [0.1, 0.15) is 60.6 Å². The predicted molar refractivity (Wildman–Crippen MR) is 240 cm³/mol. The molecular weight excluding hydrogens is 1170 g/mol. The molecule has 0 aliphatic rings. The van der Waals surface area contributed by atoms with Gasteiger partial charge in [0.2, 0.25) is 0 Å². The lowest BCUT2D eigenvalue weighted by atomic mass is 9.12. The Morgan fingerprint density at radius 3 is 1.10 bits per heavy atom. The van der Waals surface area contributed by atoms with E-state index in [9.17, 15) is 110 Å². The van der Waals surface area contributed by atoms with E-state index in [0.717, 1.165) is 5.56 Å². The molecule has 0 fully saturated rings. The van der Waals surface area contributed by atoms with Crippen molar-refractivity contribution in [3.8, 4) is 5.75 Å². The van der Waals surface area contributed by atoms with Gasteiger partial charge in [-0.3, -0.25) is 4.98 Å². The summed E-state index contributed by atoms with van der Waals surface area (Å²) in [5.74, 6) is -0.243. The van der Waals surface area contributed by atoms with Crippen molar-refractivity contribution in [1.29, 1.82) is 0 Å². The number of alkyl halides is 24. The number of ether oxygens (including phenoxy) is 1. The molecule has 7 aromatic rings. The van der Waals surface area contributed by atoms with E-state index in [2.05, 4.69) is 15.0 Å². The number of carbonyl (C=O) groups excluding carboxylic acids is 1. The van der Waals surface area contributed by atoms with Crippen LogP contribution in [0.4, 0.5) is 111 Å². The maximum Gasteiger partial charge on any atom is 0.416 e. The van der Waals surface area contributed by atoms with Crippen molar-refractivity contribution < 1.29 is 119 Å². The van der Waals surface area contributed by atoms with Gasteiger partial charge in [0.05, 0.1) is 50.7 Å². The Labute approximate surface area is 442 Å². The Hall–Kier alpha value is -8.44. The third kappa shape index (κ3) is 14.7. The second kappa shape index (κ2) is 22.5. The van der Waals surface area contributed by atoms with Crippen LogP contribution in [0.2, 0.25) is 0 Å². The van der Waals surface area contributed by atoms with Gasteiger partial charge in [-0.25, -0.2) is 4.79 Å². The van der Waals surface area contributed by atoms with E-state index in [1.165, 1.54) is 12.3 Å². The quantitative estimate of drug-likeness (QED) is 0.0211. The average molecular weight is 1200 g/mol. The molecule has 0 spiro atoms. The van der Waals surface area contributed by atoms with E-state index in [1.54, 1.807) is 35.2 Å². The summed E-state index contributed by atoms with van der Waals surface area (Å²) in [6, 6.07) is 7.35. The number of rotatable bonds is 9. The van der Waals surface area contributed by atoms with E-state index in [4.69, 9.17) is 10.3 Å². The average Bonchev–Trinajstić information content (AvgIpc) is 3.56. The maximum atomic E-state index is 14.2. The zero-order chi connectivity index (χ0) is 61.4. The number of hydrogen-bond donors (Lipinski definition) is 0. The first kappa shape index (κ1) is 62.8. The normalized spacial score (nSPS) is 13.0. The first-order valence-electron chi connectivity index (χ1n) is 22.1. The van der Waals surface area contributed by atoms with Crippen LogP contribution in [0, 0.1) is 0 Å². The zero-order valence-electron chi connectivity index (χ0n) is 39.8. The molecule has 1 aromatic heterocycles. The van der Waals surface area contributed by atoms with Crippen LogP contribution in [-0.4, -0.2) is 17.1 Å². The molecule has 0 atom stereocenters. The number of nitrogens with zero attached hydrogens (tertiary/aromatic N) is 5. The van der Waals surface area contributed by atoms with E-state index < -0.39 is 201 Å². The lowest BCUT2D eigenvalue weighted by Gasteiger charge is -2.46. The summed E-state index contributed by atoms with van der Waals surface area (Å²) < 4.78 is 348. The van der Waals surface area contributed by atoms with Crippen molar-refractivity contribution in [3.63, 3.8) is 0 Å². The Balaban J connectivity index is 0.000000357. The van der Waals surface area contributed by atoms with Gasteiger partial charge in [-0.05, 0) is 41.9 Å². The van der Waals surface area contributed by atoms with Gasteiger partial charge >= 0.3 is 61.1 Å². The molecule has 0 unspecified atom stereocenters. The fraction of sp³-hybridized carbons (Fsp3) is 0.180. The van der Waals surface area contributed by atoms with Crippen LogP contribution < -0.4 is 31.2 Å². The molecule has 1 heterocycles. The fourth-order valence-corrected chi connectivity index (χ4v) is 8.37. The molecule has 32 heteroatoms. The fourth-order valence-electron chi connectivity index (χ4n) is 8.37. The van der Waals surface area contributed by atoms with Crippen molar-refractivity contribution in [3.05, 3.63) is 212 Å². The number of azide groups is 1. The van der Waals surface area contributed by atoms with Gasteiger partial charge in [0.25, 0.3) is 0 Å². The van der Waals surface area contributed by atoms with Gasteiger partial charge in [0.15, 0.2) is 12.7 Å². The summed E-state index contributed by atoms with van der Waals surface area (Å²) >= 11 is 0. The minimum atomic E-state index is -6.13. The van der Waals surface area contributed by atoms with Crippen molar-refractivity contribution in [2.24, 2.45) is 5.11 Å². The number of halogens is 24. The van der Waals surface area contributed by atoms with Crippen molar-refractivity contribution in [2.75, 3.05) is 0 Å². The first-order chi connectivity index (χ1) is 37.5. The highest BCUT2D eigenvalue weighted by Gasteiger charge is 2.47. The topological polar surface area (TPSA) is 91.8 Å². The first-order valence-corrected chi connectivity index (χ1v) is 22.1. The highest BCUT2D eigenvalue weighted by Crippen LogP contribution is 2.41. The van der Waals surface area contributed by atoms with Gasteiger partial charge in [0.1, 0.15) is 18.1 Å². The molecule has 0 amide bonds. The number of aromatic nitrogens is 2. The van der Waals surface area contributed by atoms with Gasteiger partial charge < -0.3 is 4.74 Å². The van der Waals surface area contributed by atoms with E-state index in [1.807, 2.05) is 30.3 Å². The molecule has 0 saturated heterocycles. The summed E-state index contributed by atoms with van der Waals surface area (Å²) in [6.45, 7) is 0.520. The summed E-state index contributed by atoms with van der Waals surface area (Å²) in [7, 11) is 0. The summed E-state index contributed by atoms with van der Waals surface area (Å²) in [4.78, 5) is 19.2. The molecular formula is C50H26BF24N5O2. The van der Waals surface area contributed by atoms with Gasteiger partial charge in [0, 0.05) is 16.2 Å². The Kier molecular flexibility index (Phi) is 17.2. The second-order valence-corrected chi connectivity index (χ2v) is 17.4. The summed E-state index contributed by atoms with van der Waals surface area (Å²) in [5.41, 5.74) is -20.0. The number of carbonyl (C=O) groups is 1. The lowest BCUT2D eigenvalue weighted by molar-refractivity contribution is -0.691. The number of benzene rings is 6. The SMILES string of the molecule is FC(F)(F)c1cc([B-](c2cc(C(F)(F)F)cc(C(F)(F)F)c2)(c2cc(C(F)(F)F)cc(C(F)(F)F)c2)c2cc(C(F)(F)F)cc(C(F)(F)F)c2)cc(C(F)(F)F)c1.[N-]=[N+]=Nc1cccc(OC(=O)c2cncc[n+]2Cc2ccccc2)c1. The van der Waals surface area contributed by atoms with Crippen molar-refractivity contribution >= 4 is 39.7 Å². The minimum absolute atomic E-state index is 0.296. The molecule has 0 aliphatic carbocycles. The van der Waals surface area contributed by atoms with Crippen LogP contribution in [0.25, 0.3) is 10.4 Å². The van der Waals surface area contributed by atoms with Crippen LogP contribution in [0.5, 0.6) is 5.75 Å². The standard InChI is InChI=1S/C32H12BF24.C18H14N5O2/c34-25(35,36)13-1-14(26(37,38)39)6-21(5-13)33(22-7-15(27(40,41)42)2-16(8-22)28(43,44)45,23-9-17(29(46,47)48)3-18(10-23)30(49,50)51)24-11-19(31(52,53)54)4-20(12-24)32(55,56)57;19-22-21-15-7-4-8-16(11-15)25-18(24)17-12-20-9-10-23(17)13-14-5-2-1-3-6-14/h1-12H;1-12H,13H2/q-1;+1. The Morgan fingerprint density at radius 2 is 0.793 bits per heavy atom. The monoisotopic (exact) mass is 1200 g/mol. The highest BCUT2D eigenvalue weighted by molar-refractivity contribution is 7.20. The third-order valence-electron chi connectivity index (χ3n) is 11.9. The van der Waals surface area contributed by atoms with Gasteiger partial charge in [-0.2, -0.15) is 132 Å². The van der Waals surface area contributed by atoms with Crippen LogP contribution in [-0.2, 0) is 56.0 Å². The number of hydrogen-bond acceptors (Lipinski definition) is 4. The van der Waals surface area contributed by atoms with Crippen molar-refractivity contribution in [1.82, 2.24) is 4.98 Å². The minimum Gasteiger partial charge on any atom is -0.419 e. The lowest BCUT2D eigenvalue weighted by Crippen LogP contribution is -2.75. The second-order valence-electron chi connectivity index (χ2n) is 17.4. The molecule has 0 radical (unpaired) electrons. The molecule has 0 saturated carbocycles. The maximum absolute atomic E-state index is 14.2. The third-order valence-corrected chi connectivity index (χ3v) is 11.9. The molecule has 82 heavy (non-hydrogen) atoms. The van der Waals surface area contributed by atoms with Crippen molar-refractivity contribution in [2.45, 2.75) is 56.0 Å². The van der Waals surface area contributed by atoms with E-state index >= 15 is 0 Å². The zero-order valence-corrected chi connectivity index (χ0v) is 39.8. The number of esters is 1. The Morgan fingerprint density at radius 1 is 0.463 bits per heavy atom. The summed E-state index contributed by atoms with van der Waals surface area (Å²) in [6.07, 6.45) is -50.0. The smallest absolute Gasteiger partial charge is 0.416 e. The highest BCUT2D eigenvalue weighted by atomic mass is 19.4. The molecule has 0 aliphatic heterocycles. The van der Waals surface area contributed by atoms with E-state index in [0.29, 0.717) is 23.7 Å². The Bertz CT molecular complexity index is 3090. The largest absolute Gasteiger partial charge is 0.419 e. The molecule has 434 valence electrons. The molecule has 7 nitrogen and oxygen atoms in total. The van der Waals surface area contributed by atoms with Gasteiger partial charge in [-0.15, -0.1) is 0 Å². The van der Waals surface area contributed by atoms with Crippen LogP contribution in [0.15, 0.2) is 151 Å². The van der Waals surface area contributed by atoms with Crippen LogP contribution >= 0.6 is 0 Å². The van der Waals surface area contributed by atoms with Gasteiger partial charge in [-0.1, -0.05) is 96.1 Å². The predicted octanol–water partition coefficient (Wildman–Crippen LogP) is 14.8. The molecule has 0 bridgehead atoms. The molecule has 6 aromatic carbocycles. The molecule has 0 N–H and O–H groups in total. The van der Waals surface area contributed by atoms with Crippen LogP contribution in [0.3, 0.4) is 0 Å².